The van der Waals surface area contributed by atoms with E-state index in [-0.39, 0.29) is 22.9 Å². The Morgan fingerprint density at radius 1 is 1.03 bits per heavy atom. The first-order valence-electron chi connectivity index (χ1n) is 10.3. The molecule has 1 aromatic carbocycles. The lowest BCUT2D eigenvalue weighted by atomic mass is 9.72. The molecule has 1 atom stereocenters. The lowest BCUT2D eigenvalue weighted by Crippen LogP contribution is -2.59. The Morgan fingerprint density at radius 2 is 1.77 bits per heavy atom. The van der Waals surface area contributed by atoms with Gasteiger partial charge in [0.15, 0.2) is 0 Å². The van der Waals surface area contributed by atoms with Crippen LogP contribution in [0.25, 0.3) is 22.4 Å². The summed E-state index contributed by atoms with van der Waals surface area (Å²) in [5.74, 6) is 0.473. The van der Waals surface area contributed by atoms with Crippen molar-refractivity contribution in [1.82, 2.24) is 25.5 Å². The first-order valence-corrected chi connectivity index (χ1v) is 10.3. The molecular formula is C23H30N6O. The molecule has 7 nitrogen and oxygen atoms in total. The third kappa shape index (κ3) is 4.22. The lowest BCUT2D eigenvalue weighted by Gasteiger charge is -2.48. The topological polar surface area (TPSA) is 113 Å². The van der Waals surface area contributed by atoms with E-state index < -0.39 is 0 Å². The molecule has 1 aliphatic rings. The highest BCUT2D eigenvalue weighted by atomic mass is 16.3. The van der Waals surface area contributed by atoms with Gasteiger partial charge in [-0.2, -0.15) is 5.10 Å². The predicted molar refractivity (Wildman–Crippen MR) is 118 cm³/mol. The van der Waals surface area contributed by atoms with Crippen LogP contribution in [0.1, 0.15) is 52.3 Å². The molecule has 30 heavy (non-hydrogen) atoms. The summed E-state index contributed by atoms with van der Waals surface area (Å²) < 4.78 is 0. The second kappa shape index (κ2) is 7.49. The molecule has 1 saturated heterocycles. The summed E-state index contributed by atoms with van der Waals surface area (Å²) in [5, 5.41) is 20.9. The zero-order valence-corrected chi connectivity index (χ0v) is 18.0. The Labute approximate surface area is 177 Å². The number of aromatic nitrogens is 4. The summed E-state index contributed by atoms with van der Waals surface area (Å²) >= 11 is 0. The Morgan fingerprint density at radius 3 is 2.33 bits per heavy atom. The van der Waals surface area contributed by atoms with Crippen molar-refractivity contribution in [2.75, 3.05) is 0 Å². The molecule has 5 N–H and O–H groups in total. The van der Waals surface area contributed by atoms with Crippen molar-refractivity contribution < 1.29 is 5.11 Å². The van der Waals surface area contributed by atoms with E-state index in [4.69, 9.17) is 5.73 Å². The highest BCUT2D eigenvalue weighted by Gasteiger charge is 2.40. The average Bonchev–Trinajstić information content (AvgIpc) is 3.20. The summed E-state index contributed by atoms with van der Waals surface area (Å²) in [7, 11) is 0. The van der Waals surface area contributed by atoms with E-state index >= 15 is 0 Å². The zero-order chi connectivity index (χ0) is 21.5. The molecule has 7 heteroatoms. The van der Waals surface area contributed by atoms with Crippen LogP contribution >= 0.6 is 0 Å². The van der Waals surface area contributed by atoms with Crippen molar-refractivity contribution >= 4 is 0 Å². The first kappa shape index (κ1) is 20.5. The molecule has 3 aromatic rings. The van der Waals surface area contributed by atoms with E-state index in [1.807, 2.05) is 12.1 Å². The van der Waals surface area contributed by atoms with Gasteiger partial charge in [-0.1, -0.05) is 6.07 Å². The predicted octanol–water partition coefficient (Wildman–Crippen LogP) is 3.80. The fraction of sp³-hybridized carbons (Fsp3) is 0.435. The number of benzene rings is 1. The Balaban J connectivity index is 1.54. The summed E-state index contributed by atoms with van der Waals surface area (Å²) in [6, 6.07) is 5.31. The minimum absolute atomic E-state index is 0.0277. The second-order valence-electron chi connectivity index (χ2n) is 9.63. The molecule has 0 spiro atoms. The highest BCUT2D eigenvalue weighted by Crippen LogP contribution is 2.38. The third-order valence-corrected chi connectivity index (χ3v) is 5.85. The van der Waals surface area contributed by atoms with Gasteiger partial charge in [-0.25, -0.2) is 0 Å². The quantitative estimate of drug-likeness (QED) is 0.524. The van der Waals surface area contributed by atoms with Gasteiger partial charge in [0.25, 0.3) is 0 Å². The molecule has 1 aliphatic heterocycles. The van der Waals surface area contributed by atoms with Crippen molar-refractivity contribution in [3.8, 4) is 28.1 Å². The molecule has 0 bridgehead atoms. The summed E-state index contributed by atoms with van der Waals surface area (Å²) in [4.78, 5) is 9.16. The standard InChI is InChI=1S/C23H30N6O/c1-22(2)8-15(9-23(3,4)29-22)21(24)19-13-25-18(12-26-19)17-6-5-14(7-20(17)30)16-10-27-28-11-16/h5-7,10-13,15,21,29-30H,8-9,24H2,1-4H3,(H,27,28). The van der Waals surface area contributed by atoms with Crippen molar-refractivity contribution in [3.05, 3.63) is 48.7 Å². The van der Waals surface area contributed by atoms with E-state index in [1.165, 1.54) is 0 Å². The lowest BCUT2D eigenvalue weighted by molar-refractivity contribution is 0.112. The van der Waals surface area contributed by atoms with Crippen LogP contribution in [-0.2, 0) is 0 Å². The summed E-state index contributed by atoms with van der Waals surface area (Å²) in [6.07, 6.45) is 8.90. The molecule has 158 valence electrons. The van der Waals surface area contributed by atoms with Crippen LogP contribution in [0.5, 0.6) is 5.75 Å². The number of nitrogens with zero attached hydrogens (tertiary/aromatic N) is 3. The fourth-order valence-electron chi connectivity index (χ4n) is 4.88. The van der Waals surface area contributed by atoms with E-state index in [0.717, 1.165) is 29.7 Å². The average molecular weight is 407 g/mol. The van der Waals surface area contributed by atoms with E-state index in [9.17, 15) is 5.11 Å². The highest BCUT2D eigenvalue weighted by molar-refractivity contribution is 5.73. The molecule has 4 rings (SSSR count). The van der Waals surface area contributed by atoms with Crippen LogP contribution in [0, 0.1) is 5.92 Å². The number of phenols is 1. The van der Waals surface area contributed by atoms with Crippen LogP contribution in [0.3, 0.4) is 0 Å². The summed E-state index contributed by atoms with van der Waals surface area (Å²) in [6.45, 7) is 8.88. The minimum Gasteiger partial charge on any atom is -0.507 e. The summed E-state index contributed by atoms with van der Waals surface area (Å²) in [5.41, 5.74) is 10.5. The van der Waals surface area contributed by atoms with Gasteiger partial charge in [-0.05, 0) is 64.2 Å². The van der Waals surface area contributed by atoms with Gasteiger partial charge in [0.1, 0.15) is 5.75 Å². The van der Waals surface area contributed by atoms with Crippen LogP contribution in [-0.4, -0.2) is 36.3 Å². The number of H-pyrrole nitrogens is 1. The van der Waals surface area contributed by atoms with Crippen molar-refractivity contribution in [1.29, 1.82) is 0 Å². The number of nitrogens with two attached hydrogens (primary N) is 1. The van der Waals surface area contributed by atoms with E-state index in [2.05, 4.69) is 53.2 Å². The van der Waals surface area contributed by atoms with E-state index in [1.54, 1.807) is 30.9 Å². The SMILES string of the molecule is CC1(C)CC(C(N)c2cnc(-c3ccc(-c4cn[nH]c4)cc3O)cn2)CC(C)(C)N1. The number of piperidine rings is 1. The van der Waals surface area contributed by atoms with Gasteiger partial charge >= 0.3 is 0 Å². The van der Waals surface area contributed by atoms with Crippen molar-refractivity contribution in [2.45, 2.75) is 57.7 Å². The van der Waals surface area contributed by atoms with Gasteiger partial charge < -0.3 is 16.2 Å². The second-order valence-corrected chi connectivity index (χ2v) is 9.63. The molecule has 0 aliphatic carbocycles. The normalized spacial score (nSPS) is 19.5. The Kier molecular flexibility index (Phi) is 5.11. The maximum absolute atomic E-state index is 10.5. The molecule has 1 fully saturated rings. The van der Waals surface area contributed by atoms with Crippen LogP contribution < -0.4 is 11.1 Å². The zero-order valence-electron chi connectivity index (χ0n) is 18.0. The van der Waals surface area contributed by atoms with Crippen molar-refractivity contribution in [3.63, 3.8) is 0 Å². The van der Waals surface area contributed by atoms with Gasteiger partial charge in [0.2, 0.25) is 0 Å². The Hall–Kier alpha value is -2.77. The van der Waals surface area contributed by atoms with Gasteiger partial charge in [-0.15, -0.1) is 0 Å². The monoisotopic (exact) mass is 406 g/mol. The molecule has 0 saturated carbocycles. The number of hydrogen-bond acceptors (Lipinski definition) is 6. The smallest absolute Gasteiger partial charge is 0.125 e. The maximum atomic E-state index is 10.5. The third-order valence-electron chi connectivity index (χ3n) is 5.85. The van der Waals surface area contributed by atoms with Crippen LogP contribution in [0.4, 0.5) is 0 Å². The fourth-order valence-corrected chi connectivity index (χ4v) is 4.88. The first-order chi connectivity index (χ1) is 14.1. The molecule has 2 aromatic heterocycles. The van der Waals surface area contributed by atoms with Crippen LogP contribution in [0.2, 0.25) is 0 Å². The van der Waals surface area contributed by atoms with Crippen LogP contribution in [0.15, 0.2) is 43.0 Å². The minimum atomic E-state index is -0.177. The largest absolute Gasteiger partial charge is 0.507 e. The molecule has 0 amide bonds. The van der Waals surface area contributed by atoms with Crippen molar-refractivity contribution in [2.24, 2.45) is 11.7 Å². The number of phenolic OH excluding ortho intramolecular Hbond substituents is 1. The number of hydrogen-bond donors (Lipinski definition) is 4. The number of aromatic amines is 1. The van der Waals surface area contributed by atoms with Gasteiger partial charge in [0, 0.05) is 28.4 Å². The molecule has 1 unspecified atom stereocenters. The van der Waals surface area contributed by atoms with Gasteiger partial charge in [-0.3, -0.25) is 15.1 Å². The Bertz CT molecular complexity index is 995. The molecular weight excluding hydrogens is 376 g/mol. The van der Waals surface area contributed by atoms with E-state index in [0.29, 0.717) is 17.2 Å². The number of nitrogens with one attached hydrogen (secondary N) is 2. The molecule has 0 radical (unpaired) electrons. The molecule has 3 heterocycles. The number of aromatic hydroxyl groups is 1. The number of rotatable bonds is 4. The van der Waals surface area contributed by atoms with Gasteiger partial charge in [0.05, 0.1) is 36.0 Å². The maximum Gasteiger partial charge on any atom is 0.125 e.